The smallest absolute Gasteiger partial charge is 0.433 e. The summed E-state index contributed by atoms with van der Waals surface area (Å²) in [7, 11) is 0. The van der Waals surface area contributed by atoms with Crippen LogP contribution in [0.1, 0.15) is 48.9 Å². The van der Waals surface area contributed by atoms with Crippen LogP contribution in [-0.4, -0.2) is 28.0 Å². The van der Waals surface area contributed by atoms with Gasteiger partial charge in [0.25, 0.3) is 0 Å². The summed E-state index contributed by atoms with van der Waals surface area (Å²) in [4.78, 5) is 3.15. The third-order valence-corrected chi connectivity index (χ3v) is 4.14. The summed E-state index contributed by atoms with van der Waals surface area (Å²) in [6.07, 6.45) is -12.3. The fourth-order valence-corrected chi connectivity index (χ4v) is 3.06. The second-order valence-electron chi connectivity index (χ2n) is 6.15. The fourth-order valence-electron chi connectivity index (χ4n) is 3.06. The molecule has 128 valence electrons. The van der Waals surface area contributed by atoms with Gasteiger partial charge in [-0.3, -0.25) is 0 Å². The summed E-state index contributed by atoms with van der Waals surface area (Å²) in [6.45, 7) is 1.33. The van der Waals surface area contributed by atoms with Crippen molar-refractivity contribution in [2.75, 3.05) is 0 Å². The number of rotatable bonds is 2. The Morgan fingerprint density at radius 1 is 1.26 bits per heavy atom. The molecule has 3 nitrogen and oxygen atoms in total. The van der Waals surface area contributed by atoms with Crippen LogP contribution in [-0.2, 0) is 6.18 Å². The maximum Gasteiger partial charge on any atom is 0.433 e. The lowest BCUT2D eigenvalue weighted by Crippen LogP contribution is -2.44. The van der Waals surface area contributed by atoms with Gasteiger partial charge in [-0.15, -0.1) is 0 Å². The van der Waals surface area contributed by atoms with E-state index in [0.717, 1.165) is 0 Å². The first kappa shape index (κ1) is 16.4. The number of fused-ring (bicyclic) bond motifs is 1. The van der Waals surface area contributed by atoms with E-state index in [0.29, 0.717) is 6.20 Å². The molecular formula is C14H13F6NO2. The molecule has 1 aromatic rings. The van der Waals surface area contributed by atoms with Gasteiger partial charge in [0.05, 0.1) is 6.20 Å². The molecule has 1 fully saturated rings. The van der Waals surface area contributed by atoms with Crippen molar-refractivity contribution in [3.63, 3.8) is 0 Å². The van der Waals surface area contributed by atoms with Gasteiger partial charge in [0, 0.05) is 24.0 Å². The van der Waals surface area contributed by atoms with Crippen LogP contribution in [0.3, 0.4) is 0 Å². The third kappa shape index (κ3) is 2.64. The minimum absolute atomic E-state index is 0.0125. The van der Waals surface area contributed by atoms with Crippen molar-refractivity contribution in [1.82, 2.24) is 4.98 Å². The van der Waals surface area contributed by atoms with Crippen LogP contribution in [0.4, 0.5) is 26.3 Å². The normalized spacial score (nSPS) is 36.5. The van der Waals surface area contributed by atoms with E-state index in [2.05, 4.69) is 4.98 Å². The van der Waals surface area contributed by atoms with E-state index in [1.807, 2.05) is 0 Å². The summed E-state index contributed by atoms with van der Waals surface area (Å²) in [5.41, 5.74) is -4.64. The van der Waals surface area contributed by atoms with Crippen molar-refractivity contribution in [1.29, 1.82) is 0 Å². The lowest BCUT2D eigenvalue weighted by Gasteiger charge is -2.38. The first-order chi connectivity index (χ1) is 10.5. The highest BCUT2D eigenvalue weighted by atomic mass is 19.4. The summed E-state index contributed by atoms with van der Waals surface area (Å²) < 4.78 is 85.2. The lowest BCUT2D eigenvalue weighted by molar-refractivity contribution is -0.143. The summed E-state index contributed by atoms with van der Waals surface area (Å²) in [5, 5.41) is 9.61. The SMILES string of the molecule is CC1(F)CC(Oc2cnc(C(F)(F)F)c3c2C(F)C(F)C3O)C1. The van der Waals surface area contributed by atoms with Crippen LogP contribution in [0.2, 0.25) is 0 Å². The maximum absolute atomic E-state index is 14.0. The molecule has 1 N–H and O–H groups in total. The van der Waals surface area contributed by atoms with E-state index < -0.39 is 53.2 Å². The van der Waals surface area contributed by atoms with Crippen LogP contribution < -0.4 is 4.74 Å². The molecule has 3 unspecified atom stereocenters. The van der Waals surface area contributed by atoms with Crippen molar-refractivity contribution in [3.05, 3.63) is 23.0 Å². The minimum Gasteiger partial charge on any atom is -0.488 e. The van der Waals surface area contributed by atoms with E-state index in [1.165, 1.54) is 6.92 Å². The fraction of sp³-hybridized carbons (Fsp3) is 0.643. The average molecular weight is 341 g/mol. The zero-order valence-electron chi connectivity index (χ0n) is 11.9. The third-order valence-electron chi connectivity index (χ3n) is 4.14. The molecule has 9 heteroatoms. The predicted octanol–water partition coefficient (Wildman–Crippen LogP) is 3.77. The monoisotopic (exact) mass is 341 g/mol. The topological polar surface area (TPSA) is 42.4 Å². The molecule has 23 heavy (non-hydrogen) atoms. The highest BCUT2D eigenvalue weighted by Gasteiger charge is 2.51. The minimum atomic E-state index is -4.97. The van der Waals surface area contributed by atoms with Crippen LogP contribution in [0, 0.1) is 0 Å². The molecule has 3 atom stereocenters. The number of nitrogens with zero attached hydrogens (tertiary/aromatic N) is 1. The van der Waals surface area contributed by atoms with E-state index in [1.54, 1.807) is 0 Å². The molecule has 2 aliphatic rings. The quantitative estimate of drug-likeness (QED) is 0.833. The van der Waals surface area contributed by atoms with Gasteiger partial charge in [-0.05, 0) is 6.92 Å². The Kier molecular flexibility index (Phi) is 3.55. The van der Waals surface area contributed by atoms with Crippen LogP contribution in [0.15, 0.2) is 6.20 Å². The molecule has 3 rings (SSSR count). The van der Waals surface area contributed by atoms with Crippen LogP contribution >= 0.6 is 0 Å². The molecule has 0 saturated heterocycles. The van der Waals surface area contributed by atoms with Gasteiger partial charge in [-0.1, -0.05) is 0 Å². The lowest BCUT2D eigenvalue weighted by atomic mass is 9.81. The van der Waals surface area contributed by atoms with Crippen LogP contribution in [0.5, 0.6) is 5.75 Å². The Labute approximate surface area is 127 Å². The van der Waals surface area contributed by atoms with E-state index in [-0.39, 0.29) is 18.6 Å². The molecule has 0 radical (unpaired) electrons. The Bertz CT molecular complexity index is 624. The van der Waals surface area contributed by atoms with Gasteiger partial charge in [0.2, 0.25) is 0 Å². The van der Waals surface area contributed by atoms with Crippen molar-refractivity contribution in [2.24, 2.45) is 0 Å². The largest absolute Gasteiger partial charge is 0.488 e. The Morgan fingerprint density at radius 2 is 1.87 bits per heavy atom. The highest BCUT2D eigenvalue weighted by Crippen LogP contribution is 2.52. The zero-order chi connectivity index (χ0) is 17.2. The molecule has 1 saturated carbocycles. The zero-order valence-corrected chi connectivity index (χ0v) is 11.9. The molecule has 0 aliphatic heterocycles. The van der Waals surface area contributed by atoms with Gasteiger partial charge in [0.15, 0.2) is 18.0 Å². The van der Waals surface area contributed by atoms with Crippen molar-refractivity contribution in [3.8, 4) is 5.75 Å². The molecule has 0 spiro atoms. The van der Waals surface area contributed by atoms with Crippen LogP contribution in [0.25, 0.3) is 0 Å². The maximum atomic E-state index is 14.0. The number of alkyl halides is 6. The summed E-state index contributed by atoms with van der Waals surface area (Å²) >= 11 is 0. The highest BCUT2D eigenvalue weighted by molar-refractivity contribution is 5.49. The van der Waals surface area contributed by atoms with Crippen molar-refractivity contribution >= 4 is 0 Å². The number of hydrogen-bond acceptors (Lipinski definition) is 3. The second kappa shape index (κ2) is 4.99. The first-order valence-corrected chi connectivity index (χ1v) is 6.93. The van der Waals surface area contributed by atoms with Gasteiger partial charge in [-0.2, -0.15) is 13.2 Å². The van der Waals surface area contributed by atoms with Gasteiger partial charge >= 0.3 is 6.18 Å². The van der Waals surface area contributed by atoms with E-state index >= 15 is 0 Å². The van der Waals surface area contributed by atoms with Gasteiger partial charge < -0.3 is 9.84 Å². The number of halogens is 6. The number of aromatic nitrogens is 1. The number of aliphatic hydroxyl groups is 1. The predicted molar refractivity (Wildman–Crippen MR) is 66.1 cm³/mol. The van der Waals surface area contributed by atoms with Gasteiger partial charge in [-0.25, -0.2) is 18.2 Å². The Morgan fingerprint density at radius 3 is 2.39 bits per heavy atom. The second-order valence-corrected chi connectivity index (χ2v) is 6.15. The summed E-state index contributed by atoms with van der Waals surface area (Å²) in [5.74, 6) is -0.389. The molecule has 0 aromatic carbocycles. The van der Waals surface area contributed by atoms with Crippen molar-refractivity contribution in [2.45, 2.75) is 56.2 Å². The number of pyridine rings is 1. The number of ether oxygens (including phenoxy) is 1. The van der Waals surface area contributed by atoms with E-state index in [4.69, 9.17) is 4.74 Å². The standard InChI is InChI=1S/C14H13F6NO2/c1-13(17)2-5(3-13)23-6-4-21-12(14(18,19)20)8-7(6)9(15)10(16)11(8)22/h4-5,9-11,22H,2-3H2,1H3. The molecule has 1 heterocycles. The number of hydrogen-bond donors (Lipinski definition) is 1. The molecule has 0 bridgehead atoms. The summed E-state index contributed by atoms with van der Waals surface area (Å²) in [6, 6.07) is 0. The molecule has 1 aromatic heterocycles. The van der Waals surface area contributed by atoms with Gasteiger partial charge in [0.1, 0.15) is 23.6 Å². The average Bonchev–Trinajstić information content (AvgIpc) is 2.61. The first-order valence-electron chi connectivity index (χ1n) is 6.93. The molecule has 0 amide bonds. The van der Waals surface area contributed by atoms with Crippen molar-refractivity contribution < 1.29 is 36.2 Å². The van der Waals surface area contributed by atoms with E-state index in [9.17, 15) is 31.4 Å². The Hall–Kier alpha value is -1.51. The molecular weight excluding hydrogens is 328 g/mol. The number of aliphatic hydroxyl groups excluding tert-OH is 1. The molecule has 2 aliphatic carbocycles. The Balaban J connectivity index is 2.00.